The third-order valence-corrected chi connectivity index (χ3v) is 7.34. The number of sulfonamides is 1. The van der Waals surface area contributed by atoms with Gasteiger partial charge in [0.15, 0.2) is 0 Å². The molecular formula is C24H30N2O4S. The molecule has 0 aromatic heterocycles. The number of hydrogen-bond donors (Lipinski definition) is 0. The van der Waals surface area contributed by atoms with Crippen LogP contribution in [0.5, 0.6) is 5.75 Å². The van der Waals surface area contributed by atoms with Gasteiger partial charge < -0.3 is 9.64 Å². The highest BCUT2D eigenvalue weighted by atomic mass is 32.2. The van der Waals surface area contributed by atoms with Crippen LogP contribution in [-0.4, -0.2) is 50.8 Å². The van der Waals surface area contributed by atoms with Crippen molar-refractivity contribution >= 4 is 22.0 Å². The molecule has 6 nitrogen and oxygen atoms in total. The number of ether oxygens (including phenoxy) is 1. The predicted octanol–water partition coefficient (Wildman–Crippen LogP) is 3.93. The van der Waals surface area contributed by atoms with Crippen molar-refractivity contribution in [3.05, 3.63) is 65.7 Å². The van der Waals surface area contributed by atoms with Crippen LogP contribution in [0.2, 0.25) is 0 Å². The fourth-order valence-corrected chi connectivity index (χ4v) is 5.12. The first-order valence-corrected chi connectivity index (χ1v) is 12.0. The van der Waals surface area contributed by atoms with Crippen LogP contribution >= 0.6 is 0 Å². The fraction of sp³-hybridized carbons (Fsp3) is 0.375. The van der Waals surface area contributed by atoms with Gasteiger partial charge in [0.1, 0.15) is 5.75 Å². The molecule has 1 amide bonds. The summed E-state index contributed by atoms with van der Waals surface area (Å²) in [5, 5.41) is 0. The smallest absolute Gasteiger partial charge is 0.246 e. The Morgan fingerprint density at radius 1 is 1.06 bits per heavy atom. The summed E-state index contributed by atoms with van der Waals surface area (Å²) in [6.07, 6.45) is 7.17. The molecule has 0 atom stereocenters. The second kappa shape index (κ2) is 10.6. The van der Waals surface area contributed by atoms with E-state index in [9.17, 15) is 13.2 Å². The maximum Gasteiger partial charge on any atom is 0.246 e. The van der Waals surface area contributed by atoms with Crippen LogP contribution in [0.3, 0.4) is 0 Å². The minimum Gasteiger partial charge on any atom is -0.497 e. The molecule has 166 valence electrons. The van der Waals surface area contributed by atoms with E-state index in [1.807, 2.05) is 24.3 Å². The van der Waals surface area contributed by atoms with Crippen molar-refractivity contribution in [3.8, 4) is 5.75 Å². The van der Waals surface area contributed by atoms with Crippen LogP contribution in [0.1, 0.15) is 36.8 Å². The molecule has 31 heavy (non-hydrogen) atoms. The van der Waals surface area contributed by atoms with Crippen molar-refractivity contribution in [3.63, 3.8) is 0 Å². The van der Waals surface area contributed by atoms with Crippen molar-refractivity contribution in [2.24, 2.45) is 0 Å². The molecule has 0 unspecified atom stereocenters. The maximum atomic E-state index is 12.9. The first kappa shape index (κ1) is 23.0. The summed E-state index contributed by atoms with van der Waals surface area (Å²) in [4.78, 5) is 14.4. The molecule has 0 radical (unpaired) electrons. The lowest BCUT2D eigenvalue weighted by molar-refractivity contribution is -0.125. The maximum absolute atomic E-state index is 12.9. The molecule has 1 fully saturated rings. The van der Waals surface area contributed by atoms with E-state index in [0.29, 0.717) is 24.5 Å². The standard InChI is InChI=1S/C24H30N2O4S/c1-25(19-21-8-7-9-22(18-21)30-2)24(27)15-12-20-10-13-23(14-11-20)31(28,29)26-16-5-3-4-6-17-26/h7-15,18H,3-6,16-17,19H2,1-2H3. The van der Waals surface area contributed by atoms with Crippen molar-refractivity contribution in [2.45, 2.75) is 37.1 Å². The largest absolute Gasteiger partial charge is 0.497 e. The molecule has 0 saturated carbocycles. The number of nitrogens with zero attached hydrogens (tertiary/aromatic N) is 2. The average molecular weight is 443 g/mol. The van der Waals surface area contributed by atoms with Crippen molar-refractivity contribution in [2.75, 3.05) is 27.2 Å². The van der Waals surface area contributed by atoms with Gasteiger partial charge in [0.2, 0.25) is 15.9 Å². The second-order valence-electron chi connectivity index (χ2n) is 7.77. The minimum absolute atomic E-state index is 0.135. The highest BCUT2D eigenvalue weighted by molar-refractivity contribution is 7.89. The van der Waals surface area contributed by atoms with E-state index in [2.05, 4.69) is 0 Å². The number of likely N-dealkylation sites (N-methyl/N-ethyl adjacent to an activating group) is 1. The molecule has 0 N–H and O–H groups in total. The Bertz CT molecular complexity index is 1010. The highest BCUT2D eigenvalue weighted by Gasteiger charge is 2.24. The summed E-state index contributed by atoms with van der Waals surface area (Å²) in [5.74, 6) is 0.619. The van der Waals surface area contributed by atoms with Gasteiger partial charge in [-0.05, 0) is 54.3 Å². The van der Waals surface area contributed by atoms with E-state index < -0.39 is 10.0 Å². The molecular weight excluding hydrogens is 412 g/mol. The number of carbonyl (C=O) groups excluding carboxylic acids is 1. The van der Waals surface area contributed by atoms with Gasteiger partial charge in [-0.25, -0.2) is 8.42 Å². The Kier molecular flexibility index (Phi) is 7.87. The van der Waals surface area contributed by atoms with Gasteiger partial charge in [-0.15, -0.1) is 0 Å². The quantitative estimate of drug-likeness (QED) is 0.610. The lowest BCUT2D eigenvalue weighted by atomic mass is 10.2. The predicted molar refractivity (Wildman–Crippen MR) is 122 cm³/mol. The number of hydrogen-bond acceptors (Lipinski definition) is 4. The summed E-state index contributed by atoms with van der Waals surface area (Å²) in [5.41, 5.74) is 1.75. The number of amides is 1. The summed E-state index contributed by atoms with van der Waals surface area (Å²) in [6, 6.07) is 14.3. The highest BCUT2D eigenvalue weighted by Crippen LogP contribution is 2.21. The molecule has 0 aliphatic carbocycles. The van der Waals surface area contributed by atoms with Gasteiger partial charge in [0, 0.05) is 32.8 Å². The molecule has 2 aromatic rings. The first-order chi connectivity index (χ1) is 14.9. The van der Waals surface area contributed by atoms with E-state index in [1.54, 1.807) is 53.7 Å². The summed E-state index contributed by atoms with van der Waals surface area (Å²) in [7, 11) is -0.112. The molecule has 2 aromatic carbocycles. The Hall–Kier alpha value is -2.64. The van der Waals surface area contributed by atoms with Crippen molar-refractivity contribution < 1.29 is 17.9 Å². The normalized spacial score (nSPS) is 15.5. The third kappa shape index (κ3) is 6.18. The van der Waals surface area contributed by atoms with E-state index >= 15 is 0 Å². The number of methoxy groups -OCH3 is 1. The summed E-state index contributed by atoms with van der Waals surface area (Å²) < 4.78 is 32.5. The molecule has 1 aliphatic rings. The second-order valence-corrected chi connectivity index (χ2v) is 9.70. The molecule has 7 heteroatoms. The van der Waals surface area contributed by atoms with Crippen molar-refractivity contribution in [1.29, 1.82) is 0 Å². The van der Waals surface area contributed by atoms with Gasteiger partial charge in [-0.3, -0.25) is 4.79 Å². The lowest BCUT2D eigenvalue weighted by Crippen LogP contribution is -2.31. The van der Waals surface area contributed by atoms with Crippen LogP contribution in [0.4, 0.5) is 0 Å². The van der Waals surface area contributed by atoms with Crippen LogP contribution < -0.4 is 4.74 Å². The molecule has 0 bridgehead atoms. The van der Waals surface area contributed by atoms with E-state index in [4.69, 9.17) is 4.74 Å². The zero-order valence-corrected chi connectivity index (χ0v) is 19.0. The van der Waals surface area contributed by atoms with E-state index in [0.717, 1.165) is 42.6 Å². The van der Waals surface area contributed by atoms with Gasteiger partial charge in [-0.1, -0.05) is 37.1 Å². The van der Waals surface area contributed by atoms with E-state index in [1.165, 1.54) is 6.08 Å². The first-order valence-electron chi connectivity index (χ1n) is 10.6. The minimum atomic E-state index is -3.46. The topological polar surface area (TPSA) is 66.9 Å². The van der Waals surface area contributed by atoms with Gasteiger partial charge >= 0.3 is 0 Å². The zero-order valence-electron chi connectivity index (χ0n) is 18.2. The summed E-state index contributed by atoms with van der Waals surface area (Å²) in [6.45, 7) is 1.63. The molecule has 1 heterocycles. The Balaban J connectivity index is 1.62. The third-order valence-electron chi connectivity index (χ3n) is 5.43. The molecule has 1 saturated heterocycles. The number of benzene rings is 2. The van der Waals surface area contributed by atoms with Crippen LogP contribution in [0.25, 0.3) is 6.08 Å². The van der Waals surface area contributed by atoms with Crippen LogP contribution in [0, 0.1) is 0 Å². The Morgan fingerprint density at radius 3 is 2.39 bits per heavy atom. The Morgan fingerprint density at radius 2 is 1.74 bits per heavy atom. The van der Waals surface area contributed by atoms with E-state index in [-0.39, 0.29) is 5.91 Å². The monoisotopic (exact) mass is 442 g/mol. The van der Waals surface area contributed by atoms with Crippen LogP contribution in [-0.2, 0) is 21.4 Å². The fourth-order valence-electron chi connectivity index (χ4n) is 3.60. The average Bonchev–Trinajstić information content (AvgIpc) is 3.08. The Labute approximate surface area is 185 Å². The SMILES string of the molecule is COc1cccc(CN(C)C(=O)C=Cc2ccc(S(=O)(=O)N3CCCCCC3)cc2)c1. The molecule has 3 rings (SSSR count). The molecule has 1 aliphatic heterocycles. The van der Waals surface area contributed by atoms with Gasteiger partial charge in [0.05, 0.1) is 12.0 Å². The zero-order chi connectivity index (χ0) is 22.3. The van der Waals surface area contributed by atoms with Gasteiger partial charge in [0.25, 0.3) is 0 Å². The van der Waals surface area contributed by atoms with Gasteiger partial charge in [-0.2, -0.15) is 4.31 Å². The van der Waals surface area contributed by atoms with Crippen molar-refractivity contribution in [1.82, 2.24) is 9.21 Å². The number of carbonyl (C=O) groups is 1. The number of rotatable bonds is 7. The summed E-state index contributed by atoms with van der Waals surface area (Å²) >= 11 is 0. The van der Waals surface area contributed by atoms with Crippen LogP contribution in [0.15, 0.2) is 59.5 Å². The lowest BCUT2D eigenvalue weighted by Gasteiger charge is -2.19. The molecule has 0 spiro atoms.